The Morgan fingerprint density at radius 3 is 2.35 bits per heavy atom. The van der Waals surface area contributed by atoms with Crippen molar-refractivity contribution >= 4 is 11.8 Å². The maximum Gasteiger partial charge on any atom is 0.222 e. The van der Waals surface area contributed by atoms with Crippen LogP contribution in [0.5, 0.6) is 0 Å². The Morgan fingerprint density at radius 2 is 1.74 bits per heavy atom. The molecule has 2 amide bonds. The molecule has 2 aromatic rings. The van der Waals surface area contributed by atoms with Crippen LogP contribution in [0.4, 0.5) is 0 Å². The van der Waals surface area contributed by atoms with E-state index < -0.39 is 0 Å². The molecule has 0 unspecified atom stereocenters. The zero-order valence-corrected chi connectivity index (χ0v) is 18.3. The normalized spacial score (nSPS) is 21.8. The molecule has 4 rings (SSSR count). The van der Waals surface area contributed by atoms with Crippen molar-refractivity contribution in [2.75, 3.05) is 20.2 Å². The monoisotopic (exact) mass is 420 g/mol. The second-order valence-corrected chi connectivity index (χ2v) is 8.88. The molecular formula is C26H32N2O3. The SMILES string of the molecule is COC1CCN(C(=O)CC[C@@]2(Cc3ccc(-c4ccccc4)cc3)CCC(=O)N2)CC1. The van der Waals surface area contributed by atoms with Crippen LogP contribution < -0.4 is 5.32 Å². The molecular weight excluding hydrogens is 388 g/mol. The fourth-order valence-corrected chi connectivity index (χ4v) is 4.86. The van der Waals surface area contributed by atoms with Crippen molar-refractivity contribution in [1.82, 2.24) is 10.2 Å². The number of nitrogens with zero attached hydrogens (tertiary/aromatic N) is 1. The predicted octanol–water partition coefficient (Wildman–Crippen LogP) is 3.96. The fraction of sp³-hybridized carbons (Fsp3) is 0.462. The van der Waals surface area contributed by atoms with Gasteiger partial charge in [0.15, 0.2) is 0 Å². The third kappa shape index (κ3) is 5.34. The summed E-state index contributed by atoms with van der Waals surface area (Å²) in [5, 5.41) is 3.21. The van der Waals surface area contributed by atoms with Gasteiger partial charge in [-0.2, -0.15) is 0 Å². The van der Waals surface area contributed by atoms with Crippen LogP contribution in [0.1, 0.15) is 44.1 Å². The number of carbonyl (C=O) groups excluding carboxylic acids is 2. The second kappa shape index (κ2) is 9.65. The average Bonchev–Trinajstić information content (AvgIpc) is 3.19. The molecule has 0 radical (unpaired) electrons. The number of hydrogen-bond donors (Lipinski definition) is 1. The molecule has 0 aliphatic carbocycles. The fourth-order valence-electron chi connectivity index (χ4n) is 4.86. The Kier molecular flexibility index (Phi) is 6.71. The van der Waals surface area contributed by atoms with E-state index in [2.05, 4.69) is 41.7 Å². The molecule has 1 N–H and O–H groups in total. The molecule has 2 aromatic carbocycles. The van der Waals surface area contributed by atoms with Crippen molar-refractivity contribution in [2.24, 2.45) is 0 Å². The Balaban J connectivity index is 1.39. The molecule has 5 heteroatoms. The van der Waals surface area contributed by atoms with E-state index in [1.165, 1.54) is 16.7 Å². The molecule has 0 spiro atoms. The van der Waals surface area contributed by atoms with Crippen LogP contribution in [0.25, 0.3) is 11.1 Å². The topological polar surface area (TPSA) is 58.6 Å². The third-order valence-corrected chi connectivity index (χ3v) is 6.78. The number of hydrogen-bond acceptors (Lipinski definition) is 3. The van der Waals surface area contributed by atoms with Crippen molar-refractivity contribution in [3.05, 3.63) is 60.2 Å². The van der Waals surface area contributed by atoms with E-state index in [1.54, 1.807) is 7.11 Å². The van der Waals surface area contributed by atoms with Gasteiger partial charge in [-0.05, 0) is 48.8 Å². The first-order valence-corrected chi connectivity index (χ1v) is 11.3. The summed E-state index contributed by atoms with van der Waals surface area (Å²) in [6.45, 7) is 1.52. The molecule has 2 aliphatic heterocycles. The molecule has 2 heterocycles. The lowest BCUT2D eigenvalue weighted by Crippen LogP contribution is -2.46. The summed E-state index contributed by atoms with van der Waals surface area (Å²) in [6, 6.07) is 18.9. The van der Waals surface area contributed by atoms with E-state index in [4.69, 9.17) is 4.74 Å². The van der Waals surface area contributed by atoms with Gasteiger partial charge in [0.05, 0.1) is 6.10 Å². The van der Waals surface area contributed by atoms with Crippen LogP contribution in [0.3, 0.4) is 0 Å². The predicted molar refractivity (Wildman–Crippen MR) is 122 cm³/mol. The van der Waals surface area contributed by atoms with E-state index >= 15 is 0 Å². The number of nitrogens with one attached hydrogen (secondary N) is 1. The summed E-state index contributed by atoms with van der Waals surface area (Å²) in [5.41, 5.74) is 3.24. The average molecular weight is 421 g/mol. The van der Waals surface area contributed by atoms with Gasteiger partial charge < -0.3 is 15.0 Å². The highest BCUT2D eigenvalue weighted by atomic mass is 16.5. The Bertz CT molecular complexity index is 889. The van der Waals surface area contributed by atoms with Crippen LogP contribution in [0.15, 0.2) is 54.6 Å². The number of rotatable bonds is 7. The van der Waals surface area contributed by atoms with Gasteiger partial charge in [-0.25, -0.2) is 0 Å². The molecule has 0 saturated carbocycles. The van der Waals surface area contributed by atoms with Crippen LogP contribution in [0.2, 0.25) is 0 Å². The van der Waals surface area contributed by atoms with Crippen molar-refractivity contribution in [2.45, 2.75) is 56.6 Å². The van der Waals surface area contributed by atoms with Crippen molar-refractivity contribution in [1.29, 1.82) is 0 Å². The number of methoxy groups -OCH3 is 1. The third-order valence-electron chi connectivity index (χ3n) is 6.78. The maximum absolute atomic E-state index is 12.8. The van der Waals surface area contributed by atoms with Crippen LogP contribution in [-0.4, -0.2) is 48.6 Å². The summed E-state index contributed by atoms with van der Waals surface area (Å²) < 4.78 is 5.41. The lowest BCUT2D eigenvalue weighted by molar-refractivity contribution is -0.134. The largest absolute Gasteiger partial charge is 0.381 e. The maximum atomic E-state index is 12.8. The van der Waals surface area contributed by atoms with E-state index in [0.29, 0.717) is 19.3 Å². The molecule has 5 nitrogen and oxygen atoms in total. The summed E-state index contributed by atoms with van der Waals surface area (Å²) >= 11 is 0. The van der Waals surface area contributed by atoms with Crippen LogP contribution in [0, 0.1) is 0 Å². The number of piperidine rings is 1. The highest BCUT2D eigenvalue weighted by Gasteiger charge is 2.38. The summed E-state index contributed by atoms with van der Waals surface area (Å²) in [6.07, 6.45) is 5.30. The summed E-state index contributed by atoms with van der Waals surface area (Å²) in [4.78, 5) is 26.8. The molecule has 2 aliphatic rings. The molecule has 2 saturated heterocycles. The molecule has 31 heavy (non-hydrogen) atoms. The van der Waals surface area contributed by atoms with Crippen molar-refractivity contribution in [3.63, 3.8) is 0 Å². The first-order valence-electron chi connectivity index (χ1n) is 11.3. The quantitative estimate of drug-likeness (QED) is 0.738. The number of carbonyl (C=O) groups is 2. The first kappa shape index (κ1) is 21.6. The molecule has 164 valence electrons. The second-order valence-electron chi connectivity index (χ2n) is 8.88. The van der Waals surface area contributed by atoms with Gasteiger partial charge in [-0.15, -0.1) is 0 Å². The minimum Gasteiger partial charge on any atom is -0.381 e. The summed E-state index contributed by atoms with van der Waals surface area (Å²) in [7, 11) is 1.74. The lowest BCUT2D eigenvalue weighted by atomic mass is 9.84. The standard InChI is InChI=1S/C26H32N2O3/c1-31-23-13-17-28(18-14-23)25(30)12-16-26(15-11-24(29)27-26)19-20-7-9-22(10-8-20)21-5-3-2-4-6-21/h2-10,23H,11-19H2,1H3,(H,27,29)/t26-/m1/s1. The highest BCUT2D eigenvalue weighted by molar-refractivity contribution is 5.80. The van der Waals surface area contributed by atoms with Gasteiger partial charge in [0.2, 0.25) is 11.8 Å². The lowest BCUT2D eigenvalue weighted by Gasteiger charge is -2.33. The highest BCUT2D eigenvalue weighted by Crippen LogP contribution is 2.31. The van der Waals surface area contributed by atoms with Gasteiger partial charge in [0, 0.05) is 38.6 Å². The zero-order valence-electron chi connectivity index (χ0n) is 18.3. The van der Waals surface area contributed by atoms with Gasteiger partial charge in [0.1, 0.15) is 0 Å². The Labute approximate surface area is 184 Å². The Morgan fingerprint density at radius 1 is 1.06 bits per heavy atom. The van der Waals surface area contributed by atoms with E-state index in [1.807, 2.05) is 23.1 Å². The zero-order chi connectivity index (χ0) is 21.7. The van der Waals surface area contributed by atoms with Crippen LogP contribution in [-0.2, 0) is 20.7 Å². The van der Waals surface area contributed by atoms with E-state index in [9.17, 15) is 9.59 Å². The van der Waals surface area contributed by atoms with Gasteiger partial charge >= 0.3 is 0 Å². The number of likely N-dealkylation sites (tertiary alicyclic amines) is 1. The smallest absolute Gasteiger partial charge is 0.222 e. The molecule has 0 aromatic heterocycles. The van der Waals surface area contributed by atoms with Gasteiger partial charge in [-0.1, -0.05) is 54.6 Å². The van der Waals surface area contributed by atoms with Gasteiger partial charge in [0.25, 0.3) is 0 Å². The number of benzene rings is 2. The van der Waals surface area contributed by atoms with Gasteiger partial charge in [-0.3, -0.25) is 9.59 Å². The molecule has 0 bridgehead atoms. The van der Waals surface area contributed by atoms with Crippen molar-refractivity contribution in [3.8, 4) is 11.1 Å². The minimum absolute atomic E-state index is 0.0919. The minimum atomic E-state index is -0.328. The van der Waals surface area contributed by atoms with Crippen LogP contribution >= 0.6 is 0 Å². The van der Waals surface area contributed by atoms with E-state index in [-0.39, 0.29) is 23.5 Å². The van der Waals surface area contributed by atoms with Crippen molar-refractivity contribution < 1.29 is 14.3 Å². The summed E-state index contributed by atoms with van der Waals surface area (Å²) in [5.74, 6) is 0.281. The number of ether oxygens (including phenoxy) is 1. The number of amides is 2. The Hall–Kier alpha value is -2.66. The molecule has 1 atom stereocenters. The molecule has 2 fully saturated rings. The first-order chi connectivity index (χ1) is 15.1. The van der Waals surface area contributed by atoms with E-state index in [0.717, 1.165) is 38.8 Å².